The largest absolute Gasteiger partial charge is 0.485 e. The molecule has 1 heterocycles. The van der Waals surface area contributed by atoms with Crippen LogP contribution in [-0.2, 0) is 0 Å². The summed E-state index contributed by atoms with van der Waals surface area (Å²) in [5.41, 5.74) is 12.4. The van der Waals surface area contributed by atoms with Crippen molar-refractivity contribution in [2.24, 2.45) is 5.73 Å². The van der Waals surface area contributed by atoms with Gasteiger partial charge in [-0.1, -0.05) is 23.7 Å². The molecule has 0 bridgehead atoms. The number of fused-ring (bicyclic) bond motifs is 1. The van der Waals surface area contributed by atoms with E-state index in [0.29, 0.717) is 5.02 Å². The minimum Gasteiger partial charge on any atom is -0.485 e. The van der Waals surface area contributed by atoms with Gasteiger partial charge in [0.2, 0.25) is 0 Å². The Kier molecular flexibility index (Phi) is 3.68. The van der Waals surface area contributed by atoms with E-state index < -0.39 is 0 Å². The fraction of sp³-hybridized carbons (Fsp3) is 0.333. The van der Waals surface area contributed by atoms with Crippen LogP contribution in [0, 0.1) is 20.8 Å². The number of nitrogens with two attached hydrogens (primary N) is 1. The lowest BCUT2D eigenvalue weighted by atomic mass is 9.90. The standard InChI is InChI=1S/C18H20ClNO/c1-10-6-12(3)14(7-11(10)2)18-9-16(20)15-8-13(19)4-5-17(15)21-18/h4-8,16,18H,9,20H2,1-3H3. The Balaban J connectivity index is 1.99. The molecule has 1 aliphatic rings. The summed E-state index contributed by atoms with van der Waals surface area (Å²) in [6, 6.07) is 10.1. The van der Waals surface area contributed by atoms with E-state index in [0.717, 1.165) is 17.7 Å². The van der Waals surface area contributed by atoms with Gasteiger partial charge in [-0.15, -0.1) is 0 Å². The second kappa shape index (κ2) is 5.36. The van der Waals surface area contributed by atoms with Crippen molar-refractivity contribution in [2.45, 2.75) is 39.3 Å². The minimum absolute atomic E-state index is 0.00738. The summed E-state index contributed by atoms with van der Waals surface area (Å²) in [5, 5.41) is 0.702. The summed E-state index contributed by atoms with van der Waals surface area (Å²) >= 11 is 6.05. The lowest BCUT2D eigenvalue weighted by molar-refractivity contribution is 0.161. The van der Waals surface area contributed by atoms with Crippen molar-refractivity contribution in [3.8, 4) is 5.75 Å². The van der Waals surface area contributed by atoms with Crippen molar-refractivity contribution in [2.75, 3.05) is 0 Å². The number of halogens is 1. The van der Waals surface area contributed by atoms with Gasteiger partial charge in [-0.25, -0.2) is 0 Å². The second-order valence-electron chi connectivity index (χ2n) is 5.92. The Labute approximate surface area is 130 Å². The van der Waals surface area contributed by atoms with E-state index in [4.69, 9.17) is 22.1 Å². The summed E-state index contributed by atoms with van der Waals surface area (Å²) in [7, 11) is 0. The van der Waals surface area contributed by atoms with E-state index in [9.17, 15) is 0 Å². The van der Waals surface area contributed by atoms with Crippen LogP contribution in [0.5, 0.6) is 5.75 Å². The van der Waals surface area contributed by atoms with Crippen molar-refractivity contribution < 1.29 is 4.74 Å². The highest BCUT2D eigenvalue weighted by Gasteiger charge is 2.28. The summed E-state index contributed by atoms with van der Waals surface area (Å²) in [5.74, 6) is 0.848. The third-order valence-corrected chi connectivity index (χ3v) is 4.57. The molecule has 0 spiro atoms. The molecule has 21 heavy (non-hydrogen) atoms. The number of benzene rings is 2. The number of ether oxygens (including phenoxy) is 1. The highest BCUT2D eigenvalue weighted by Crippen LogP contribution is 2.41. The third kappa shape index (κ3) is 2.66. The molecule has 0 amide bonds. The Morgan fingerprint density at radius 2 is 1.71 bits per heavy atom. The highest BCUT2D eigenvalue weighted by atomic mass is 35.5. The number of aryl methyl sites for hydroxylation is 3. The van der Waals surface area contributed by atoms with Crippen LogP contribution in [-0.4, -0.2) is 0 Å². The molecule has 2 unspecified atom stereocenters. The average molecular weight is 302 g/mol. The van der Waals surface area contributed by atoms with Gasteiger partial charge >= 0.3 is 0 Å². The first-order chi connectivity index (χ1) is 9.95. The van der Waals surface area contributed by atoms with Gasteiger partial charge in [-0.3, -0.25) is 0 Å². The Morgan fingerprint density at radius 3 is 2.48 bits per heavy atom. The van der Waals surface area contributed by atoms with Crippen LogP contribution < -0.4 is 10.5 Å². The fourth-order valence-electron chi connectivity index (χ4n) is 3.00. The molecule has 2 aromatic carbocycles. The van der Waals surface area contributed by atoms with Gasteiger partial charge < -0.3 is 10.5 Å². The van der Waals surface area contributed by atoms with E-state index in [1.54, 1.807) is 0 Å². The van der Waals surface area contributed by atoms with E-state index in [2.05, 4.69) is 32.9 Å². The summed E-state index contributed by atoms with van der Waals surface area (Å²) in [4.78, 5) is 0. The molecule has 0 saturated heterocycles. The van der Waals surface area contributed by atoms with E-state index >= 15 is 0 Å². The SMILES string of the molecule is Cc1cc(C)c(C2CC(N)c3cc(Cl)ccc3O2)cc1C. The topological polar surface area (TPSA) is 35.2 Å². The van der Waals surface area contributed by atoms with Crippen LogP contribution in [0.15, 0.2) is 30.3 Å². The molecule has 3 heteroatoms. The first-order valence-corrected chi connectivity index (χ1v) is 7.63. The molecule has 110 valence electrons. The van der Waals surface area contributed by atoms with Crippen molar-refractivity contribution in [1.82, 2.24) is 0 Å². The zero-order valence-electron chi connectivity index (χ0n) is 12.6. The van der Waals surface area contributed by atoms with Crippen LogP contribution in [0.1, 0.15) is 46.4 Å². The number of hydrogen-bond donors (Lipinski definition) is 1. The van der Waals surface area contributed by atoms with Crippen LogP contribution >= 0.6 is 11.6 Å². The predicted octanol–water partition coefficient (Wildman–Crippen LogP) is 4.79. The normalized spacial score (nSPS) is 20.8. The summed E-state index contributed by atoms with van der Waals surface area (Å²) in [6.07, 6.45) is 0.782. The molecule has 0 fully saturated rings. The van der Waals surface area contributed by atoms with Crippen LogP contribution in [0.25, 0.3) is 0 Å². The Bertz CT molecular complexity index is 696. The molecule has 0 radical (unpaired) electrons. The lowest BCUT2D eigenvalue weighted by Gasteiger charge is -2.31. The fourth-order valence-corrected chi connectivity index (χ4v) is 3.18. The molecular weight excluding hydrogens is 282 g/mol. The zero-order valence-corrected chi connectivity index (χ0v) is 13.4. The summed E-state index contributed by atoms with van der Waals surface area (Å²) < 4.78 is 6.18. The van der Waals surface area contributed by atoms with Crippen molar-refractivity contribution in [3.63, 3.8) is 0 Å². The molecule has 2 nitrogen and oxygen atoms in total. The van der Waals surface area contributed by atoms with Gasteiger partial charge in [-0.05, 0) is 61.2 Å². The number of rotatable bonds is 1. The maximum absolute atomic E-state index is 6.32. The van der Waals surface area contributed by atoms with E-state index in [1.165, 1.54) is 22.3 Å². The molecule has 3 rings (SSSR count). The predicted molar refractivity (Wildman–Crippen MR) is 87.0 cm³/mol. The average Bonchev–Trinajstić information content (AvgIpc) is 2.43. The van der Waals surface area contributed by atoms with Gasteiger partial charge in [-0.2, -0.15) is 0 Å². The van der Waals surface area contributed by atoms with Crippen LogP contribution in [0.3, 0.4) is 0 Å². The molecule has 1 aliphatic heterocycles. The van der Waals surface area contributed by atoms with Crippen molar-refractivity contribution in [1.29, 1.82) is 0 Å². The molecular formula is C18H20ClNO. The molecule has 2 aromatic rings. The van der Waals surface area contributed by atoms with Gasteiger partial charge in [0.15, 0.2) is 0 Å². The van der Waals surface area contributed by atoms with E-state index in [1.807, 2.05) is 18.2 Å². The molecule has 0 aromatic heterocycles. The Morgan fingerprint density at radius 1 is 1.00 bits per heavy atom. The minimum atomic E-state index is -0.0431. The molecule has 0 saturated carbocycles. The molecule has 0 aliphatic carbocycles. The van der Waals surface area contributed by atoms with Gasteiger partial charge in [0.25, 0.3) is 0 Å². The molecule has 2 atom stereocenters. The van der Waals surface area contributed by atoms with Gasteiger partial charge in [0, 0.05) is 23.0 Å². The van der Waals surface area contributed by atoms with E-state index in [-0.39, 0.29) is 12.1 Å². The second-order valence-corrected chi connectivity index (χ2v) is 6.36. The molecule has 2 N–H and O–H groups in total. The quantitative estimate of drug-likeness (QED) is 0.822. The third-order valence-electron chi connectivity index (χ3n) is 4.34. The smallest absolute Gasteiger partial charge is 0.126 e. The Hall–Kier alpha value is -1.51. The lowest BCUT2D eigenvalue weighted by Crippen LogP contribution is -2.24. The van der Waals surface area contributed by atoms with Gasteiger partial charge in [0.1, 0.15) is 11.9 Å². The maximum atomic E-state index is 6.32. The van der Waals surface area contributed by atoms with Crippen LogP contribution in [0.2, 0.25) is 5.02 Å². The highest BCUT2D eigenvalue weighted by molar-refractivity contribution is 6.30. The number of hydrogen-bond acceptors (Lipinski definition) is 2. The monoisotopic (exact) mass is 301 g/mol. The first-order valence-electron chi connectivity index (χ1n) is 7.25. The van der Waals surface area contributed by atoms with Gasteiger partial charge in [0.05, 0.1) is 0 Å². The zero-order chi connectivity index (χ0) is 15.1. The maximum Gasteiger partial charge on any atom is 0.126 e. The first kappa shape index (κ1) is 14.4. The van der Waals surface area contributed by atoms with Crippen LogP contribution in [0.4, 0.5) is 0 Å². The van der Waals surface area contributed by atoms with Crippen molar-refractivity contribution in [3.05, 3.63) is 63.2 Å². The van der Waals surface area contributed by atoms with Crippen molar-refractivity contribution >= 4 is 11.6 Å². The summed E-state index contributed by atoms with van der Waals surface area (Å²) in [6.45, 7) is 6.40.